The number of carbonyl (C=O) groups excluding carboxylic acids is 1. The van der Waals surface area contributed by atoms with Crippen molar-refractivity contribution in [2.45, 2.75) is 31.4 Å². The van der Waals surface area contributed by atoms with E-state index in [-0.39, 0.29) is 27.5 Å². The Bertz CT molecular complexity index is 1320. The van der Waals surface area contributed by atoms with Gasteiger partial charge in [-0.1, -0.05) is 23.2 Å². The van der Waals surface area contributed by atoms with Gasteiger partial charge >= 0.3 is 6.18 Å². The number of rotatable bonds is 4. The van der Waals surface area contributed by atoms with Crippen molar-refractivity contribution in [3.63, 3.8) is 0 Å². The number of amides is 1. The van der Waals surface area contributed by atoms with Crippen LogP contribution in [0.5, 0.6) is 0 Å². The summed E-state index contributed by atoms with van der Waals surface area (Å²) >= 11 is 12.2. The number of aliphatic imine (C=N–C) groups is 1. The highest BCUT2D eigenvalue weighted by molar-refractivity contribution is 6.38. The maximum Gasteiger partial charge on any atom is 0.416 e. The minimum absolute atomic E-state index is 0.0118. The van der Waals surface area contributed by atoms with E-state index in [9.17, 15) is 18.0 Å². The van der Waals surface area contributed by atoms with Gasteiger partial charge in [0, 0.05) is 30.4 Å². The molecule has 0 saturated heterocycles. The molecule has 1 aliphatic carbocycles. The summed E-state index contributed by atoms with van der Waals surface area (Å²) in [5, 5.41) is 6.11. The molecule has 12 heteroatoms. The van der Waals surface area contributed by atoms with Crippen molar-refractivity contribution in [1.82, 2.24) is 15.0 Å². The van der Waals surface area contributed by atoms with Gasteiger partial charge in [0.1, 0.15) is 23.0 Å². The number of halogens is 5. The van der Waals surface area contributed by atoms with Gasteiger partial charge in [-0.05, 0) is 36.6 Å². The number of pyridine rings is 3. The van der Waals surface area contributed by atoms with Crippen molar-refractivity contribution in [1.29, 1.82) is 0 Å². The smallest absolute Gasteiger partial charge is 0.342 e. The lowest BCUT2D eigenvalue weighted by Crippen LogP contribution is -2.16. The summed E-state index contributed by atoms with van der Waals surface area (Å²) in [6.07, 6.45) is 1.67. The molecule has 0 spiro atoms. The van der Waals surface area contributed by atoms with E-state index in [0.717, 1.165) is 30.5 Å². The normalized spacial score (nSPS) is 16.3. The van der Waals surface area contributed by atoms with E-state index in [1.807, 2.05) is 0 Å². The van der Waals surface area contributed by atoms with Crippen LogP contribution in [0.15, 0.2) is 41.8 Å². The Kier molecular flexibility index (Phi) is 5.65. The Labute approximate surface area is 201 Å². The lowest BCUT2D eigenvalue weighted by molar-refractivity contribution is -0.137. The van der Waals surface area contributed by atoms with Gasteiger partial charge in [-0.15, -0.1) is 0 Å². The molecule has 3 aromatic heterocycles. The van der Waals surface area contributed by atoms with Crippen LogP contribution in [0.3, 0.4) is 0 Å². The minimum Gasteiger partial charge on any atom is -0.342 e. The first-order valence-electron chi connectivity index (χ1n) is 10.2. The molecule has 174 valence electrons. The number of anilines is 2. The molecule has 2 aliphatic rings. The highest BCUT2D eigenvalue weighted by Gasteiger charge is 2.34. The average Bonchev–Trinajstić information content (AvgIpc) is 3.55. The summed E-state index contributed by atoms with van der Waals surface area (Å²) < 4.78 is 39.9. The van der Waals surface area contributed by atoms with Crippen LogP contribution in [0.4, 0.5) is 30.4 Å². The number of alkyl halides is 3. The first-order chi connectivity index (χ1) is 16.2. The lowest BCUT2D eigenvalue weighted by Gasteiger charge is -2.12. The standard InChI is InChI=1S/C22H15Cl2F3N6O/c23-13-7-28-8-14(24)20(13)32-18-4-11-3-16(29-9-17(11)31-18)21(34)33-19-6-12(22(25,26)27)5-15(30-19)10-1-2-10/h3,5-10H,1-2,4H2,(H,28,31,32)(H,30,33,34). The molecule has 1 saturated carbocycles. The molecule has 0 aromatic carbocycles. The number of hydrogen-bond acceptors (Lipinski definition) is 5. The number of hydrogen-bond donors (Lipinski definition) is 2. The van der Waals surface area contributed by atoms with E-state index in [1.165, 1.54) is 18.6 Å². The second-order valence-corrected chi connectivity index (χ2v) is 8.75. The Morgan fingerprint density at radius 1 is 1.12 bits per heavy atom. The fourth-order valence-electron chi connectivity index (χ4n) is 3.52. The summed E-state index contributed by atoms with van der Waals surface area (Å²) in [7, 11) is 0. The lowest BCUT2D eigenvalue weighted by atomic mass is 10.1. The molecule has 5 rings (SSSR count). The summed E-state index contributed by atoms with van der Waals surface area (Å²) in [4.78, 5) is 29.4. The van der Waals surface area contributed by atoms with Gasteiger partial charge in [0.15, 0.2) is 0 Å². The van der Waals surface area contributed by atoms with Crippen molar-refractivity contribution in [3.8, 4) is 0 Å². The monoisotopic (exact) mass is 506 g/mol. The Balaban J connectivity index is 1.36. The topological polar surface area (TPSA) is 92.2 Å². The van der Waals surface area contributed by atoms with Crippen molar-refractivity contribution in [2.24, 2.45) is 4.99 Å². The van der Waals surface area contributed by atoms with Crippen LogP contribution in [0.25, 0.3) is 0 Å². The zero-order valence-corrected chi connectivity index (χ0v) is 18.8. The molecular weight excluding hydrogens is 492 g/mol. The van der Waals surface area contributed by atoms with E-state index in [4.69, 9.17) is 23.2 Å². The van der Waals surface area contributed by atoms with Gasteiger partial charge in [-0.3, -0.25) is 9.78 Å². The maximum atomic E-state index is 13.3. The molecule has 0 bridgehead atoms. The van der Waals surface area contributed by atoms with Gasteiger partial charge in [0.25, 0.3) is 5.91 Å². The van der Waals surface area contributed by atoms with E-state index in [1.54, 1.807) is 6.07 Å². The fourth-order valence-corrected chi connectivity index (χ4v) is 3.97. The van der Waals surface area contributed by atoms with Crippen molar-refractivity contribution >= 4 is 52.1 Å². The molecule has 1 amide bonds. The average molecular weight is 507 g/mol. The number of amidine groups is 1. The predicted molar refractivity (Wildman–Crippen MR) is 122 cm³/mol. The Morgan fingerprint density at radius 2 is 1.85 bits per heavy atom. The van der Waals surface area contributed by atoms with Gasteiger partial charge in [0.05, 0.1) is 27.5 Å². The third kappa shape index (κ3) is 4.69. The molecular formula is C22H15Cl2F3N6O. The molecule has 1 fully saturated rings. The van der Waals surface area contributed by atoms with Crippen LogP contribution >= 0.6 is 23.2 Å². The van der Waals surface area contributed by atoms with Crippen LogP contribution in [-0.4, -0.2) is 26.7 Å². The summed E-state index contributed by atoms with van der Waals surface area (Å²) in [6.45, 7) is 0. The largest absolute Gasteiger partial charge is 0.416 e. The van der Waals surface area contributed by atoms with Gasteiger partial charge < -0.3 is 10.6 Å². The second kappa shape index (κ2) is 8.52. The van der Waals surface area contributed by atoms with Crippen molar-refractivity contribution in [3.05, 3.63) is 69.3 Å². The Morgan fingerprint density at radius 3 is 2.53 bits per heavy atom. The van der Waals surface area contributed by atoms with E-state index in [0.29, 0.717) is 29.3 Å². The first-order valence-corrected chi connectivity index (χ1v) is 11.0. The summed E-state index contributed by atoms with van der Waals surface area (Å²) in [5.41, 5.74) is 1.25. The number of nitrogens with zero attached hydrogens (tertiary/aromatic N) is 4. The highest BCUT2D eigenvalue weighted by Crippen LogP contribution is 2.42. The van der Waals surface area contributed by atoms with Crippen LogP contribution in [0.1, 0.15) is 46.1 Å². The van der Waals surface area contributed by atoms with Crippen LogP contribution in [0, 0.1) is 0 Å². The molecule has 7 nitrogen and oxygen atoms in total. The fraction of sp³-hybridized carbons (Fsp3) is 0.227. The first kappa shape index (κ1) is 22.5. The zero-order chi connectivity index (χ0) is 24.0. The van der Waals surface area contributed by atoms with Gasteiger partial charge in [0.2, 0.25) is 0 Å². The number of nitrogens with one attached hydrogen (secondary N) is 2. The van der Waals surface area contributed by atoms with Crippen molar-refractivity contribution < 1.29 is 18.0 Å². The van der Waals surface area contributed by atoms with E-state index in [2.05, 4.69) is 30.6 Å². The maximum absolute atomic E-state index is 13.3. The van der Waals surface area contributed by atoms with Crippen LogP contribution in [-0.2, 0) is 12.6 Å². The summed E-state index contributed by atoms with van der Waals surface area (Å²) in [6, 6.07) is 3.41. The molecule has 0 radical (unpaired) electrons. The molecule has 0 atom stereocenters. The Hall–Kier alpha value is -3.24. The third-order valence-corrected chi connectivity index (χ3v) is 5.90. The quantitative estimate of drug-likeness (QED) is 0.450. The van der Waals surface area contributed by atoms with E-state index >= 15 is 0 Å². The molecule has 3 aromatic rings. The van der Waals surface area contributed by atoms with Crippen molar-refractivity contribution in [2.75, 3.05) is 10.6 Å². The number of fused-ring (bicyclic) bond motifs is 1. The molecule has 34 heavy (non-hydrogen) atoms. The SMILES string of the molecule is O=C(Nc1cc(C(F)(F)F)cc(C2CC2)n1)c1cc2c(cn1)NC(=Nc1c(Cl)cncc1Cl)C2. The predicted octanol–water partition coefficient (Wildman–Crippen LogP) is 6.03. The zero-order valence-electron chi connectivity index (χ0n) is 17.2. The second-order valence-electron chi connectivity index (χ2n) is 7.93. The number of carbonyl (C=O) groups is 1. The minimum atomic E-state index is -4.54. The molecule has 4 heterocycles. The number of aromatic nitrogens is 3. The molecule has 2 N–H and O–H groups in total. The van der Waals surface area contributed by atoms with Crippen LogP contribution in [0.2, 0.25) is 10.0 Å². The highest BCUT2D eigenvalue weighted by atomic mass is 35.5. The molecule has 1 aliphatic heterocycles. The third-order valence-electron chi connectivity index (χ3n) is 5.34. The van der Waals surface area contributed by atoms with E-state index < -0.39 is 17.6 Å². The van der Waals surface area contributed by atoms with Gasteiger partial charge in [-0.25, -0.2) is 15.0 Å². The van der Waals surface area contributed by atoms with Gasteiger partial charge in [-0.2, -0.15) is 13.2 Å². The molecule has 0 unspecified atom stereocenters. The van der Waals surface area contributed by atoms with Crippen LogP contribution < -0.4 is 10.6 Å². The summed E-state index contributed by atoms with van der Waals surface area (Å²) in [5.74, 6) is -0.298.